The predicted molar refractivity (Wildman–Crippen MR) is 114 cm³/mol. The fourth-order valence-corrected chi connectivity index (χ4v) is 3.30. The van der Waals surface area contributed by atoms with Crippen molar-refractivity contribution < 1.29 is 24.0 Å². The largest absolute Gasteiger partial charge is 0.452 e. The van der Waals surface area contributed by atoms with Crippen LogP contribution in [0.3, 0.4) is 0 Å². The summed E-state index contributed by atoms with van der Waals surface area (Å²) in [4.78, 5) is 40.1. The molecule has 0 bridgehead atoms. The molecule has 0 aliphatic carbocycles. The molecule has 0 fully saturated rings. The zero-order chi connectivity index (χ0) is 22.5. The molecular weight excluding hydrogens is 402 g/mol. The number of nitro groups is 1. The quantitative estimate of drug-likeness (QED) is 0.349. The number of amides is 1. The van der Waals surface area contributed by atoms with Gasteiger partial charge in [-0.2, -0.15) is 0 Å². The Balaban J connectivity index is 1.78. The van der Waals surface area contributed by atoms with Crippen molar-refractivity contribution in [2.75, 3.05) is 19.0 Å². The first-order chi connectivity index (χ1) is 14.8. The van der Waals surface area contributed by atoms with Gasteiger partial charge in [0.15, 0.2) is 6.61 Å². The third-order valence-electron chi connectivity index (χ3n) is 4.82. The fraction of sp³-hybridized carbons (Fsp3) is 0.227. The van der Waals surface area contributed by atoms with Crippen LogP contribution in [0.25, 0.3) is 10.9 Å². The van der Waals surface area contributed by atoms with Gasteiger partial charge >= 0.3 is 5.97 Å². The smallest absolute Gasteiger partial charge is 0.340 e. The Morgan fingerprint density at radius 3 is 2.55 bits per heavy atom. The van der Waals surface area contributed by atoms with Crippen LogP contribution in [0.4, 0.5) is 11.4 Å². The molecule has 3 aromatic rings. The van der Waals surface area contributed by atoms with E-state index < -0.39 is 23.4 Å². The van der Waals surface area contributed by atoms with Crippen molar-refractivity contribution in [3.8, 4) is 0 Å². The highest BCUT2D eigenvalue weighted by atomic mass is 16.6. The molecule has 0 aliphatic heterocycles. The molecule has 0 spiro atoms. The number of anilines is 1. The van der Waals surface area contributed by atoms with Gasteiger partial charge in [0.1, 0.15) is 0 Å². The standard InChI is InChI=1S/C22H21N3O6/c1-13-15-7-4-5-8-17(15)23-18(11-30-3)21(13)22(27)31-12-20(26)24-16-9-6-10-19(14(16)2)25(28)29/h4-10H,11-12H2,1-3H3,(H,24,26). The summed E-state index contributed by atoms with van der Waals surface area (Å²) >= 11 is 0. The van der Waals surface area contributed by atoms with E-state index >= 15 is 0 Å². The molecule has 1 heterocycles. The number of carbonyl (C=O) groups is 2. The van der Waals surface area contributed by atoms with Gasteiger partial charge in [-0.1, -0.05) is 24.3 Å². The van der Waals surface area contributed by atoms with Gasteiger partial charge in [0.05, 0.1) is 39.6 Å². The van der Waals surface area contributed by atoms with Crippen LogP contribution in [0.5, 0.6) is 0 Å². The van der Waals surface area contributed by atoms with Crippen LogP contribution < -0.4 is 5.32 Å². The molecule has 1 N–H and O–H groups in total. The molecule has 0 aliphatic rings. The van der Waals surface area contributed by atoms with Gasteiger partial charge in [-0.25, -0.2) is 9.78 Å². The minimum atomic E-state index is -0.700. The number of para-hydroxylation sites is 1. The molecule has 0 radical (unpaired) electrons. The highest BCUT2D eigenvalue weighted by Crippen LogP contribution is 2.26. The van der Waals surface area contributed by atoms with Crippen LogP contribution in [0, 0.1) is 24.0 Å². The maximum Gasteiger partial charge on any atom is 0.340 e. The first kappa shape index (κ1) is 21.8. The van der Waals surface area contributed by atoms with E-state index in [1.165, 1.54) is 32.2 Å². The molecule has 9 nitrogen and oxygen atoms in total. The third kappa shape index (κ3) is 4.67. The van der Waals surface area contributed by atoms with Crippen molar-refractivity contribution in [3.63, 3.8) is 0 Å². The average Bonchev–Trinajstić information content (AvgIpc) is 2.74. The van der Waals surface area contributed by atoms with Crippen LogP contribution in [-0.4, -0.2) is 35.5 Å². The van der Waals surface area contributed by atoms with E-state index in [2.05, 4.69) is 10.3 Å². The number of fused-ring (bicyclic) bond motifs is 1. The number of hydrogen-bond donors (Lipinski definition) is 1. The lowest BCUT2D eigenvalue weighted by Gasteiger charge is -2.14. The molecule has 1 amide bonds. The van der Waals surface area contributed by atoms with Crippen molar-refractivity contribution in [2.24, 2.45) is 0 Å². The summed E-state index contributed by atoms with van der Waals surface area (Å²) in [6.45, 7) is 2.86. The van der Waals surface area contributed by atoms with Gasteiger partial charge in [-0.15, -0.1) is 0 Å². The normalized spacial score (nSPS) is 10.7. The lowest BCUT2D eigenvalue weighted by Crippen LogP contribution is -2.23. The number of aryl methyl sites for hydroxylation is 1. The van der Waals surface area contributed by atoms with E-state index in [0.29, 0.717) is 16.8 Å². The molecule has 3 rings (SSSR count). The minimum absolute atomic E-state index is 0.106. The van der Waals surface area contributed by atoms with Gasteiger partial charge in [0, 0.05) is 18.6 Å². The van der Waals surface area contributed by atoms with E-state index in [1.54, 1.807) is 6.92 Å². The Bertz CT molecular complexity index is 1180. The van der Waals surface area contributed by atoms with E-state index in [4.69, 9.17) is 9.47 Å². The number of benzene rings is 2. The molecule has 31 heavy (non-hydrogen) atoms. The van der Waals surface area contributed by atoms with Gasteiger partial charge in [0.2, 0.25) is 0 Å². The SMILES string of the molecule is COCc1nc2ccccc2c(C)c1C(=O)OCC(=O)Nc1cccc([N+](=O)[O-])c1C. The van der Waals surface area contributed by atoms with Crippen molar-refractivity contribution in [3.05, 3.63) is 75.0 Å². The van der Waals surface area contributed by atoms with E-state index in [-0.39, 0.29) is 23.5 Å². The summed E-state index contributed by atoms with van der Waals surface area (Å²) in [7, 11) is 1.50. The number of carbonyl (C=O) groups excluding carboxylic acids is 2. The number of nitrogens with zero attached hydrogens (tertiary/aromatic N) is 2. The molecule has 0 saturated heterocycles. The van der Waals surface area contributed by atoms with Crippen molar-refractivity contribution in [1.82, 2.24) is 4.98 Å². The second-order valence-electron chi connectivity index (χ2n) is 6.84. The average molecular weight is 423 g/mol. The topological polar surface area (TPSA) is 121 Å². The number of nitrogens with one attached hydrogen (secondary N) is 1. The van der Waals surface area contributed by atoms with E-state index in [9.17, 15) is 19.7 Å². The predicted octanol–water partition coefficient (Wildman–Crippen LogP) is 3.70. The van der Waals surface area contributed by atoms with Gasteiger partial charge in [-0.3, -0.25) is 14.9 Å². The van der Waals surface area contributed by atoms with Crippen LogP contribution in [-0.2, 0) is 20.9 Å². The van der Waals surface area contributed by atoms with Crippen LogP contribution in [0.2, 0.25) is 0 Å². The van der Waals surface area contributed by atoms with Gasteiger partial charge in [-0.05, 0) is 31.5 Å². The second kappa shape index (κ2) is 9.31. The summed E-state index contributed by atoms with van der Waals surface area (Å²) in [6.07, 6.45) is 0. The molecule has 0 saturated carbocycles. The Labute approximate surface area is 178 Å². The van der Waals surface area contributed by atoms with Crippen molar-refractivity contribution >= 4 is 34.2 Å². The van der Waals surface area contributed by atoms with Gasteiger partial charge in [0.25, 0.3) is 11.6 Å². The monoisotopic (exact) mass is 423 g/mol. The molecule has 0 unspecified atom stereocenters. The van der Waals surface area contributed by atoms with Crippen molar-refractivity contribution in [1.29, 1.82) is 0 Å². The van der Waals surface area contributed by atoms with E-state index in [1.807, 2.05) is 24.3 Å². The Hall–Kier alpha value is -3.85. The summed E-state index contributed by atoms with van der Waals surface area (Å²) in [6, 6.07) is 11.7. The first-order valence-electron chi connectivity index (χ1n) is 9.41. The number of hydrogen-bond acceptors (Lipinski definition) is 7. The highest BCUT2D eigenvalue weighted by molar-refractivity contribution is 6.00. The summed E-state index contributed by atoms with van der Waals surface area (Å²) in [5.74, 6) is -1.31. The van der Waals surface area contributed by atoms with Crippen molar-refractivity contribution in [2.45, 2.75) is 20.5 Å². The molecule has 9 heteroatoms. The fourth-order valence-electron chi connectivity index (χ4n) is 3.30. The Morgan fingerprint density at radius 1 is 1.10 bits per heavy atom. The number of ether oxygens (including phenoxy) is 2. The number of pyridine rings is 1. The maximum absolute atomic E-state index is 12.8. The molecule has 0 atom stereocenters. The number of rotatable bonds is 7. The number of esters is 1. The Kier molecular flexibility index (Phi) is 6.56. The molecule has 1 aromatic heterocycles. The number of methoxy groups -OCH3 is 1. The molecule has 2 aromatic carbocycles. The molecular formula is C22H21N3O6. The third-order valence-corrected chi connectivity index (χ3v) is 4.82. The van der Waals surface area contributed by atoms with Crippen LogP contribution >= 0.6 is 0 Å². The summed E-state index contributed by atoms with van der Waals surface area (Å²) < 4.78 is 10.4. The van der Waals surface area contributed by atoms with Crippen LogP contribution in [0.15, 0.2) is 42.5 Å². The summed E-state index contributed by atoms with van der Waals surface area (Å²) in [5, 5.41) is 14.4. The van der Waals surface area contributed by atoms with Gasteiger partial charge < -0.3 is 14.8 Å². The Morgan fingerprint density at radius 2 is 1.84 bits per heavy atom. The van der Waals surface area contributed by atoms with Crippen LogP contribution in [0.1, 0.15) is 27.2 Å². The lowest BCUT2D eigenvalue weighted by atomic mass is 10.0. The van der Waals surface area contributed by atoms with E-state index in [0.717, 1.165) is 10.9 Å². The number of nitro benzene ring substituents is 1. The zero-order valence-electron chi connectivity index (χ0n) is 17.3. The lowest BCUT2D eigenvalue weighted by molar-refractivity contribution is -0.385. The zero-order valence-corrected chi connectivity index (χ0v) is 17.3. The first-order valence-corrected chi connectivity index (χ1v) is 9.41. The summed E-state index contributed by atoms with van der Waals surface area (Å²) in [5.41, 5.74) is 2.54. The number of aromatic nitrogens is 1. The molecule has 160 valence electrons. The second-order valence-corrected chi connectivity index (χ2v) is 6.84. The minimum Gasteiger partial charge on any atom is -0.452 e. The highest BCUT2D eigenvalue weighted by Gasteiger charge is 2.21. The maximum atomic E-state index is 12.8.